The Hall–Kier alpha value is -0.660. The molecule has 196 valence electrons. The highest BCUT2D eigenvalue weighted by atomic mass is 15.4. The van der Waals surface area contributed by atoms with Gasteiger partial charge in [-0.15, -0.1) is 0 Å². The first-order valence-electron chi connectivity index (χ1n) is 15.5. The standard InChI is InChI=1S/C31H62N2/c1-4-7-10-12-13-14-15-16-17-18-19-20-21-22-23-25-28-33-30-29-32(27-9-6-3)31(33)26-24-11-8-5-2/h29-31H,4-28H2,1-3H3. The van der Waals surface area contributed by atoms with Crippen molar-refractivity contribution in [2.45, 2.75) is 175 Å². The van der Waals surface area contributed by atoms with E-state index in [1.54, 1.807) is 0 Å². The third kappa shape index (κ3) is 16.6. The molecular weight excluding hydrogens is 400 g/mol. The van der Waals surface area contributed by atoms with Gasteiger partial charge >= 0.3 is 0 Å². The van der Waals surface area contributed by atoms with Gasteiger partial charge in [0.25, 0.3) is 0 Å². The summed E-state index contributed by atoms with van der Waals surface area (Å²) >= 11 is 0. The lowest BCUT2D eigenvalue weighted by Gasteiger charge is -2.33. The van der Waals surface area contributed by atoms with E-state index in [1.165, 1.54) is 161 Å². The number of unbranched alkanes of at least 4 members (excludes halogenated alkanes) is 19. The first-order chi connectivity index (χ1) is 16.3. The summed E-state index contributed by atoms with van der Waals surface area (Å²) in [4.78, 5) is 5.29. The summed E-state index contributed by atoms with van der Waals surface area (Å²) in [5, 5.41) is 0. The van der Waals surface area contributed by atoms with Crippen LogP contribution < -0.4 is 0 Å². The van der Waals surface area contributed by atoms with Crippen LogP contribution >= 0.6 is 0 Å². The zero-order valence-corrected chi connectivity index (χ0v) is 23.3. The maximum Gasteiger partial charge on any atom is 0.101 e. The van der Waals surface area contributed by atoms with Crippen molar-refractivity contribution in [3.63, 3.8) is 0 Å². The van der Waals surface area contributed by atoms with Gasteiger partial charge in [-0.2, -0.15) is 0 Å². The fourth-order valence-corrected chi connectivity index (χ4v) is 5.28. The molecule has 0 saturated carbocycles. The third-order valence-electron chi connectivity index (χ3n) is 7.57. The molecule has 1 rings (SSSR count). The lowest BCUT2D eigenvalue weighted by atomic mass is 10.0. The minimum atomic E-state index is 0.643. The molecule has 0 saturated heterocycles. The Bertz CT molecular complexity index is 419. The molecule has 0 N–H and O–H groups in total. The summed E-state index contributed by atoms with van der Waals surface area (Å²) in [6.07, 6.45) is 38.1. The molecule has 0 aromatic rings. The smallest absolute Gasteiger partial charge is 0.101 e. The Labute approximate surface area is 210 Å². The van der Waals surface area contributed by atoms with E-state index in [9.17, 15) is 0 Å². The van der Waals surface area contributed by atoms with Gasteiger partial charge in [0.15, 0.2) is 0 Å². The maximum absolute atomic E-state index is 2.66. The van der Waals surface area contributed by atoms with E-state index in [-0.39, 0.29) is 0 Å². The van der Waals surface area contributed by atoms with Gasteiger partial charge in [-0.25, -0.2) is 0 Å². The van der Waals surface area contributed by atoms with E-state index in [0.29, 0.717) is 6.17 Å². The minimum Gasteiger partial charge on any atom is -0.356 e. The van der Waals surface area contributed by atoms with Gasteiger partial charge in [0, 0.05) is 25.5 Å². The zero-order valence-electron chi connectivity index (χ0n) is 23.3. The number of rotatable bonds is 25. The first kappa shape index (κ1) is 30.4. The molecule has 2 nitrogen and oxygen atoms in total. The molecule has 0 aliphatic carbocycles. The number of nitrogens with zero attached hydrogens (tertiary/aromatic N) is 2. The van der Waals surface area contributed by atoms with Gasteiger partial charge in [-0.1, -0.05) is 143 Å². The van der Waals surface area contributed by atoms with Crippen LogP contribution in [0.5, 0.6) is 0 Å². The predicted octanol–water partition coefficient (Wildman–Crippen LogP) is 10.4. The molecule has 2 heteroatoms. The molecule has 33 heavy (non-hydrogen) atoms. The third-order valence-corrected chi connectivity index (χ3v) is 7.57. The molecule has 1 aliphatic rings. The molecular formula is C31H62N2. The van der Waals surface area contributed by atoms with Crippen LogP contribution in [-0.2, 0) is 0 Å². The van der Waals surface area contributed by atoms with Gasteiger partial charge < -0.3 is 9.80 Å². The van der Waals surface area contributed by atoms with Crippen LogP contribution in [-0.4, -0.2) is 29.1 Å². The largest absolute Gasteiger partial charge is 0.356 e. The molecule has 0 fully saturated rings. The van der Waals surface area contributed by atoms with Crippen molar-refractivity contribution in [2.24, 2.45) is 0 Å². The quantitative estimate of drug-likeness (QED) is 0.124. The van der Waals surface area contributed by atoms with Crippen LogP contribution in [0.4, 0.5) is 0 Å². The van der Waals surface area contributed by atoms with Gasteiger partial charge in [-0.3, -0.25) is 0 Å². The fraction of sp³-hybridized carbons (Fsp3) is 0.935. The van der Waals surface area contributed by atoms with Crippen LogP contribution in [0, 0.1) is 0 Å². The van der Waals surface area contributed by atoms with Crippen molar-refractivity contribution >= 4 is 0 Å². The molecule has 0 bridgehead atoms. The second-order valence-corrected chi connectivity index (χ2v) is 10.8. The molecule has 0 radical (unpaired) electrons. The minimum absolute atomic E-state index is 0.643. The van der Waals surface area contributed by atoms with E-state index < -0.39 is 0 Å². The van der Waals surface area contributed by atoms with Crippen LogP contribution in [0.15, 0.2) is 12.4 Å². The summed E-state index contributed by atoms with van der Waals surface area (Å²) in [7, 11) is 0. The Kier molecular flexibility index (Phi) is 21.3. The fourth-order valence-electron chi connectivity index (χ4n) is 5.28. The predicted molar refractivity (Wildman–Crippen MR) is 150 cm³/mol. The van der Waals surface area contributed by atoms with E-state index in [0.717, 1.165) is 0 Å². The van der Waals surface area contributed by atoms with Crippen LogP contribution in [0.2, 0.25) is 0 Å². The maximum atomic E-state index is 2.66. The second-order valence-electron chi connectivity index (χ2n) is 10.8. The molecule has 0 spiro atoms. The molecule has 1 aliphatic heterocycles. The first-order valence-corrected chi connectivity index (χ1v) is 15.5. The second kappa shape index (κ2) is 23.1. The normalized spacial score (nSPS) is 15.8. The summed E-state index contributed by atoms with van der Waals surface area (Å²) in [6.45, 7) is 9.43. The van der Waals surface area contributed by atoms with Gasteiger partial charge in [0.2, 0.25) is 0 Å². The van der Waals surface area contributed by atoms with Crippen molar-refractivity contribution in [3.8, 4) is 0 Å². The molecule has 0 amide bonds. The van der Waals surface area contributed by atoms with E-state index in [2.05, 4.69) is 43.0 Å². The Morgan fingerprint density at radius 1 is 0.394 bits per heavy atom. The highest BCUT2D eigenvalue weighted by Crippen LogP contribution is 2.23. The molecule has 0 aromatic carbocycles. The van der Waals surface area contributed by atoms with Crippen molar-refractivity contribution in [3.05, 3.63) is 12.4 Å². The lowest BCUT2D eigenvalue weighted by Crippen LogP contribution is -2.39. The molecule has 1 heterocycles. The van der Waals surface area contributed by atoms with Crippen molar-refractivity contribution < 1.29 is 0 Å². The van der Waals surface area contributed by atoms with E-state index >= 15 is 0 Å². The van der Waals surface area contributed by atoms with Gasteiger partial charge in [-0.05, 0) is 25.7 Å². The monoisotopic (exact) mass is 462 g/mol. The van der Waals surface area contributed by atoms with Crippen molar-refractivity contribution in [1.82, 2.24) is 9.80 Å². The van der Waals surface area contributed by atoms with Gasteiger partial charge in [0.1, 0.15) is 6.17 Å². The average Bonchev–Trinajstić information content (AvgIpc) is 3.21. The van der Waals surface area contributed by atoms with Crippen molar-refractivity contribution in [2.75, 3.05) is 13.1 Å². The van der Waals surface area contributed by atoms with Crippen LogP contribution in [0.25, 0.3) is 0 Å². The highest BCUT2D eigenvalue weighted by Gasteiger charge is 2.24. The zero-order chi connectivity index (χ0) is 23.8. The van der Waals surface area contributed by atoms with Crippen LogP contribution in [0.1, 0.15) is 168 Å². The summed E-state index contributed by atoms with van der Waals surface area (Å²) in [5.41, 5.74) is 0. The number of hydrogen-bond donors (Lipinski definition) is 0. The number of hydrogen-bond acceptors (Lipinski definition) is 2. The molecule has 0 aromatic heterocycles. The lowest BCUT2D eigenvalue weighted by molar-refractivity contribution is 0.136. The van der Waals surface area contributed by atoms with Crippen LogP contribution in [0.3, 0.4) is 0 Å². The van der Waals surface area contributed by atoms with Gasteiger partial charge in [0.05, 0.1) is 0 Å². The summed E-state index contributed by atoms with van der Waals surface area (Å²) in [6, 6.07) is 0. The Morgan fingerprint density at radius 2 is 0.727 bits per heavy atom. The Morgan fingerprint density at radius 3 is 1.15 bits per heavy atom. The summed E-state index contributed by atoms with van der Waals surface area (Å²) in [5.74, 6) is 0. The Balaban J connectivity index is 1.98. The SMILES string of the molecule is CCCCCCCCCCCCCCCCCCN1C=CN(CCCC)C1CCCCCC. The van der Waals surface area contributed by atoms with Crippen molar-refractivity contribution in [1.29, 1.82) is 0 Å². The van der Waals surface area contributed by atoms with E-state index in [4.69, 9.17) is 0 Å². The highest BCUT2D eigenvalue weighted by molar-refractivity contribution is 4.96. The van der Waals surface area contributed by atoms with E-state index in [1.807, 2.05) is 0 Å². The summed E-state index contributed by atoms with van der Waals surface area (Å²) < 4.78 is 0. The average molecular weight is 463 g/mol. The topological polar surface area (TPSA) is 6.48 Å². The molecule has 1 atom stereocenters. The molecule has 1 unspecified atom stereocenters.